The van der Waals surface area contributed by atoms with Crippen molar-refractivity contribution in [3.63, 3.8) is 0 Å². The van der Waals surface area contributed by atoms with E-state index in [-0.39, 0.29) is 5.41 Å². The molecule has 0 saturated carbocycles. The van der Waals surface area contributed by atoms with Crippen LogP contribution in [0.3, 0.4) is 0 Å². The van der Waals surface area contributed by atoms with Gasteiger partial charge in [0.1, 0.15) is 0 Å². The number of hydrogen-bond acceptors (Lipinski definition) is 1. The predicted molar refractivity (Wildman–Crippen MR) is 188 cm³/mol. The molecule has 0 amide bonds. The van der Waals surface area contributed by atoms with Crippen LogP contribution in [0.25, 0.3) is 22.3 Å². The summed E-state index contributed by atoms with van der Waals surface area (Å²) in [5, 5.41) is 3.61. The highest BCUT2D eigenvalue weighted by Crippen LogP contribution is 2.61. The lowest BCUT2D eigenvalue weighted by atomic mass is 9.66. The van der Waals surface area contributed by atoms with E-state index in [9.17, 15) is 0 Å². The zero-order valence-corrected chi connectivity index (χ0v) is 25.2. The minimum atomic E-state index is -0.316. The van der Waals surface area contributed by atoms with E-state index < -0.39 is 0 Å². The fraction of sp³-hybridized carbons (Fsp3) is 0.0909. The molecule has 1 heteroatoms. The molecule has 1 nitrogen and oxygen atoms in total. The van der Waals surface area contributed by atoms with E-state index in [1.165, 1.54) is 55.6 Å². The van der Waals surface area contributed by atoms with Crippen molar-refractivity contribution in [1.82, 2.24) is 0 Å². The van der Waals surface area contributed by atoms with E-state index >= 15 is 0 Å². The van der Waals surface area contributed by atoms with E-state index in [4.69, 9.17) is 0 Å². The minimum Gasteiger partial charge on any atom is -0.381 e. The summed E-state index contributed by atoms with van der Waals surface area (Å²) in [4.78, 5) is 0. The average molecular weight is 578 g/mol. The Bertz CT molecular complexity index is 1940. The monoisotopic (exact) mass is 577 g/mol. The maximum Gasteiger partial charge on any atom is 0.0673 e. The van der Waals surface area contributed by atoms with Crippen LogP contribution in [-0.4, -0.2) is 0 Å². The van der Waals surface area contributed by atoms with Gasteiger partial charge in [0.05, 0.1) is 5.41 Å². The van der Waals surface area contributed by atoms with Gasteiger partial charge in [-0.15, -0.1) is 0 Å². The van der Waals surface area contributed by atoms with E-state index in [0.717, 1.165) is 18.7 Å². The minimum absolute atomic E-state index is 0.316. The summed E-state index contributed by atoms with van der Waals surface area (Å²) >= 11 is 0. The zero-order chi connectivity index (χ0) is 30.1. The van der Waals surface area contributed by atoms with Crippen molar-refractivity contribution in [1.29, 1.82) is 0 Å². The lowest BCUT2D eigenvalue weighted by Gasteiger charge is -2.35. The first kappa shape index (κ1) is 27.2. The van der Waals surface area contributed by atoms with Crippen molar-refractivity contribution in [2.24, 2.45) is 0 Å². The summed E-state index contributed by atoms with van der Waals surface area (Å²) < 4.78 is 0. The zero-order valence-electron chi connectivity index (χ0n) is 25.2. The Labute approximate surface area is 266 Å². The number of benzene rings is 6. The molecule has 1 unspecified atom stereocenters. The Morgan fingerprint density at radius 3 is 1.82 bits per heavy atom. The Balaban J connectivity index is 1.13. The maximum absolute atomic E-state index is 3.61. The lowest BCUT2D eigenvalue weighted by Crippen LogP contribution is -2.29. The number of anilines is 1. The normalized spacial score (nSPS) is 16.0. The first-order chi connectivity index (χ1) is 22.3. The van der Waals surface area contributed by atoms with Crippen molar-refractivity contribution >= 4 is 5.69 Å². The highest BCUT2D eigenvalue weighted by atomic mass is 14.9. The van der Waals surface area contributed by atoms with Crippen LogP contribution in [0.1, 0.15) is 40.2 Å². The number of hydrogen-bond donors (Lipinski definition) is 1. The van der Waals surface area contributed by atoms with Crippen LogP contribution in [0, 0.1) is 0 Å². The molecule has 6 aromatic carbocycles. The molecule has 45 heavy (non-hydrogen) atoms. The van der Waals surface area contributed by atoms with Crippen LogP contribution < -0.4 is 5.32 Å². The topological polar surface area (TPSA) is 12.0 Å². The van der Waals surface area contributed by atoms with E-state index in [2.05, 4.69) is 181 Å². The molecule has 0 fully saturated rings. The number of nitrogens with one attached hydrogen (secondary N) is 1. The third kappa shape index (κ3) is 4.73. The standard InChI is InChI=1S/C44H35N/c1-4-13-33(14-5-1)34-27-29-38(30-28-34)45-31-32-23-25-35(26-24-32)39-20-12-22-42-43(39)40-19-10-11-21-41(40)44(42,36-15-6-2-7-16-36)37-17-8-3-9-18-37/h1-18,20-30,40,45H,19,31H2. The van der Waals surface area contributed by atoms with Gasteiger partial charge in [-0.3, -0.25) is 0 Å². The molecule has 0 heterocycles. The molecule has 8 rings (SSSR count). The Kier molecular flexibility index (Phi) is 7.00. The van der Waals surface area contributed by atoms with Gasteiger partial charge in [0.2, 0.25) is 0 Å². The van der Waals surface area contributed by atoms with Crippen molar-refractivity contribution in [2.75, 3.05) is 5.32 Å². The molecule has 216 valence electrons. The Morgan fingerprint density at radius 1 is 0.556 bits per heavy atom. The molecule has 1 atom stereocenters. The SMILES string of the molecule is C1=CCC2C(=C1)C(c1ccccc1)(c1ccccc1)c1cccc(-c3ccc(CNc4ccc(-c5ccccc5)cc4)cc3)c12. The molecule has 0 spiro atoms. The summed E-state index contributed by atoms with van der Waals surface area (Å²) in [6.45, 7) is 0.781. The number of allylic oxidation sites excluding steroid dienone is 4. The highest BCUT2D eigenvalue weighted by Gasteiger charge is 2.51. The van der Waals surface area contributed by atoms with E-state index in [1.807, 2.05) is 0 Å². The second kappa shape index (κ2) is 11.6. The average Bonchev–Trinajstić information content (AvgIpc) is 3.44. The van der Waals surface area contributed by atoms with E-state index in [0.29, 0.717) is 5.92 Å². The third-order valence-electron chi connectivity index (χ3n) is 9.62. The summed E-state index contributed by atoms with van der Waals surface area (Å²) in [7, 11) is 0. The lowest BCUT2D eigenvalue weighted by molar-refractivity contribution is 0.693. The quantitative estimate of drug-likeness (QED) is 0.199. The van der Waals surface area contributed by atoms with Crippen LogP contribution in [-0.2, 0) is 12.0 Å². The van der Waals surface area contributed by atoms with Crippen molar-refractivity contribution < 1.29 is 0 Å². The molecule has 0 radical (unpaired) electrons. The molecule has 1 N–H and O–H groups in total. The second-order valence-electron chi connectivity index (χ2n) is 12.1. The molecule has 6 aromatic rings. The predicted octanol–water partition coefficient (Wildman–Crippen LogP) is 11.0. The molecule has 2 aliphatic rings. The van der Waals surface area contributed by atoms with Gasteiger partial charge in [-0.1, -0.05) is 164 Å². The first-order valence-corrected chi connectivity index (χ1v) is 15.9. The second-order valence-corrected chi connectivity index (χ2v) is 12.1. The van der Waals surface area contributed by atoms with Crippen LogP contribution in [0.5, 0.6) is 0 Å². The molecule has 0 aliphatic heterocycles. The van der Waals surface area contributed by atoms with Gasteiger partial charge in [0, 0.05) is 18.2 Å². The first-order valence-electron chi connectivity index (χ1n) is 15.9. The Morgan fingerprint density at radius 2 is 1.16 bits per heavy atom. The molecule has 2 aliphatic carbocycles. The van der Waals surface area contributed by atoms with Gasteiger partial charge in [0.25, 0.3) is 0 Å². The highest BCUT2D eigenvalue weighted by molar-refractivity contribution is 5.79. The van der Waals surface area contributed by atoms with Gasteiger partial charge in [0.15, 0.2) is 0 Å². The number of fused-ring (bicyclic) bond motifs is 3. The summed E-state index contributed by atoms with van der Waals surface area (Å²) in [5.41, 5.74) is 14.2. The molecular weight excluding hydrogens is 542 g/mol. The molecular formula is C44H35N. The van der Waals surface area contributed by atoms with Gasteiger partial charge in [-0.05, 0) is 74.2 Å². The Hall–Kier alpha value is -5.40. The van der Waals surface area contributed by atoms with Crippen LogP contribution in [0.2, 0.25) is 0 Å². The smallest absolute Gasteiger partial charge is 0.0673 e. The van der Waals surface area contributed by atoms with Crippen LogP contribution >= 0.6 is 0 Å². The fourth-order valence-corrected chi connectivity index (χ4v) is 7.57. The summed E-state index contributed by atoms with van der Waals surface area (Å²) in [5.74, 6) is 0.335. The van der Waals surface area contributed by atoms with Gasteiger partial charge < -0.3 is 5.32 Å². The van der Waals surface area contributed by atoms with Crippen molar-refractivity contribution in [3.8, 4) is 22.3 Å². The van der Waals surface area contributed by atoms with Gasteiger partial charge in [-0.25, -0.2) is 0 Å². The maximum atomic E-state index is 3.61. The van der Waals surface area contributed by atoms with Crippen molar-refractivity contribution in [2.45, 2.75) is 24.3 Å². The molecule has 0 aromatic heterocycles. The summed E-state index contributed by atoms with van der Waals surface area (Å²) in [6.07, 6.45) is 8.00. The molecule has 0 bridgehead atoms. The largest absolute Gasteiger partial charge is 0.381 e. The van der Waals surface area contributed by atoms with Gasteiger partial charge in [-0.2, -0.15) is 0 Å². The van der Waals surface area contributed by atoms with E-state index in [1.54, 1.807) is 0 Å². The third-order valence-corrected chi connectivity index (χ3v) is 9.62. The van der Waals surface area contributed by atoms with Crippen LogP contribution in [0.4, 0.5) is 5.69 Å². The number of rotatable bonds is 7. The van der Waals surface area contributed by atoms with Crippen molar-refractivity contribution in [3.05, 3.63) is 209 Å². The van der Waals surface area contributed by atoms with Crippen LogP contribution in [0.15, 0.2) is 182 Å². The van der Waals surface area contributed by atoms with Gasteiger partial charge >= 0.3 is 0 Å². The molecule has 0 saturated heterocycles. The fourth-order valence-electron chi connectivity index (χ4n) is 7.57. The summed E-state index contributed by atoms with van der Waals surface area (Å²) in [6, 6.07) is 57.5.